The Hall–Kier alpha value is -0.530. The molecule has 2 heteroatoms. The van der Waals surface area contributed by atoms with Gasteiger partial charge in [0.05, 0.1) is 0 Å². The summed E-state index contributed by atoms with van der Waals surface area (Å²) < 4.78 is 0. The molecule has 88 valence electrons. The molecule has 0 radical (unpaired) electrons. The molecule has 0 bridgehead atoms. The summed E-state index contributed by atoms with van der Waals surface area (Å²) in [6.45, 7) is 10.5. The molecule has 0 atom stereocenters. The van der Waals surface area contributed by atoms with Crippen molar-refractivity contribution in [3.63, 3.8) is 0 Å². The molecule has 0 aliphatic carbocycles. The molecule has 0 aromatic heterocycles. The van der Waals surface area contributed by atoms with Crippen LogP contribution >= 0.6 is 0 Å². The van der Waals surface area contributed by atoms with Crippen molar-refractivity contribution in [2.24, 2.45) is 11.3 Å². The first-order valence-electron chi connectivity index (χ1n) is 6.14. The summed E-state index contributed by atoms with van der Waals surface area (Å²) in [5.74, 6) is 1.09. The summed E-state index contributed by atoms with van der Waals surface area (Å²) in [5.41, 5.74) is 0.456. The first-order valence-corrected chi connectivity index (χ1v) is 6.14. The van der Waals surface area contributed by atoms with E-state index < -0.39 is 0 Å². The number of hydrogen-bond donors (Lipinski definition) is 0. The van der Waals surface area contributed by atoms with Gasteiger partial charge in [0.25, 0.3) is 0 Å². The lowest BCUT2D eigenvalue weighted by molar-refractivity contribution is -0.130. The van der Waals surface area contributed by atoms with Gasteiger partial charge < -0.3 is 4.90 Å². The highest BCUT2D eigenvalue weighted by Gasteiger charge is 2.22. The van der Waals surface area contributed by atoms with E-state index in [0.717, 1.165) is 19.0 Å². The number of piperidine rings is 1. The highest BCUT2D eigenvalue weighted by Crippen LogP contribution is 2.28. The molecule has 1 amide bonds. The summed E-state index contributed by atoms with van der Waals surface area (Å²) in [6.07, 6.45) is 5.04. The van der Waals surface area contributed by atoms with Gasteiger partial charge in [-0.3, -0.25) is 4.79 Å². The van der Waals surface area contributed by atoms with Crippen LogP contribution in [-0.4, -0.2) is 23.9 Å². The molecule has 0 saturated carbocycles. The highest BCUT2D eigenvalue weighted by atomic mass is 16.2. The van der Waals surface area contributed by atoms with Crippen molar-refractivity contribution in [1.29, 1.82) is 0 Å². The summed E-state index contributed by atoms with van der Waals surface area (Å²) in [6, 6.07) is 0. The van der Waals surface area contributed by atoms with Gasteiger partial charge in [-0.1, -0.05) is 20.8 Å². The molecular formula is C13H25NO. The van der Waals surface area contributed by atoms with E-state index in [4.69, 9.17) is 0 Å². The number of hydrogen-bond acceptors (Lipinski definition) is 1. The Balaban J connectivity index is 2.23. The fourth-order valence-electron chi connectivity index (χ4n) is 2.17. The Morgan fingerprint density at radius 1 is 1.27 bits per heavy atom. The van der Waals surface area contributed by atoms with E-state index in [9.17, 15) is 4.79 Å². The van der Waals surface area contributed by atoms with Gasteiger partial charge in [-0.15, -0.1) is 0 Å². The lowest BCUT2D eigenvalue weighted by Gasteiger charge is -2.32. The van der Waals surface area contributed by atoms with E-state index in [-0.39, 0.29) is 5.91 Å². The van der Waals surface area contributed by atoms with E-state index in [0.29, 0.717) is 5.41 Å². The van der Waals surface area contributed by atoms with E-state index >= 15 is 0 Å². The molecule has 1 saturated heterocycles. The van der Waals surface area contributed by atoms with Crippen LogP contribution < -0.4 is 0 Å². The first kappa shape index (κ1) is 12.5. The van der Waals surface area contributed by atoms with Gasteiger partial charge in [0.1, 0.15) is 0 Å². The van der Waals surface area contributed by atoms with E-state index in [1.165, 1.54) is 25.7 Å². The first-order chi connectivity index (χ1) is 6.88. The normalized spacial score (nSPS) is 19.3. The van der Waals surface area contributed by atoms with Crippen molar-refractivity contribution >= 4 is 5.91 Å². The van der Waals surface area contributed by atoms with Gasteiger partial charge in [0.2, 0.25) is 5.91 Å². The average molecular weight is 211 g/mol. The molecule has 0 N–H and O–H groups in total. The average Bonchev–Trinajstić information content (AvgIpc) is 2.14. The van der Waals surface area contributed by atoms with Crippen LogP contribution in [0.3, 0.4) is 0 Å². The van der Waals surface area contributed by atoms with Gasteiger partial charge in [-0.05, 0) is 37.0 Å². The second-order valence-corrected chi connectivity index (χ2v) is 6.05. The second-order valence-electron chi connectivity index (χ2n) is 6.05. The van der Waals surface area contributed by atoms with Crippen LogP contribution in [-0.2, 0) is 4.79 Å². The smallest absolute Gasteiger partial charge is 0.219 e. The third-order valence-corrected chi connectivity index (χ3v) is 3.36. The molecule has 1 fully saturated rings. The SMILES string of the molecule is CC(=O)N1CCC(CCC(C)(C)C)CC1. The molecular weight excluding hydrogens is 186 g/mol. The lowest BCUT2D eigenvalue weighted by atomic mass is 9.83. The van der Waals surface area contributed by atoms with Crippen LogP contribution in [0.25, 0.3) is 0 Å². The summed E-state index contributed by atoms with van der Waals surface area (Å²) in [5, 5.41) is 0. The van der Waals surface area contributed by atoms with Crippen molar-refractivity contribution in [3.8, 4) is 0 Å². The molecule has 0 aromatic carbocycles. The minimum Gasteiger partial charge on any atom is -0.343 e. The number of rotatable bonds is 2. The zero-order valence-electron chi connectivity index (χ0n) is 10.7. The molecule has 15 heavy (non-hydrogen) atoms. The Morgan fingerprint density at radius 2 is 1.80 bits per heavy atom. The van der Waals surface area contributed by atoms with Gasteiger partial charge in [0.15, 0.2) is 0 Å². The number of carbonyl (C=O) groups is 1. The van der Waals surface area contributed by atoms with Crippen LogP contribution in [0.4, 0.5) is 0 Å². The van der Waals surface area contributed by atoms with Gasteiger partial charge >= 0.3 is 0 Å². The molecule has 1 rings (SSSR count). The largest absolute Gasteiger partial charge is 0.343 e. The Labute approximate surface area is 94.0 Å². The topological polar surface area (TPSA) is 20.3 Å². The number of carbonyl (C=O) groups excluding carboxylic acids is 1. The quantitative estimate of drug-likeness (QED) is 0.687. The predicted molar refractivity (Wildman–Crippen MR) is 63.7 cm³/mol. The fraction of sp³-hybridized carbons (Fsp3) is 0.923. The maximum Gasteiger partial charge on any atom is 0.219 e. The fourth-order valence-corrected chi connectivity index (χ4v) is 2.17. The van der Waals surface area contributed by atoms with Gasteiger partial charge in [-0.25, -0.2) is 0 Å². The van der Waals surface area contributed by atoms with Crippen LogP contribution in [0.2, 0.25) is 0 Å². The Bertz CT molecular complexity index is 209. The zero-order valence-corrected chi connectivity index (χ0v) is 10.7. The number of nitrogens with zero attached hydrogens (tertiary/aromatic N) is 1. The maximum atomic E-state index is 11.1. The van der Waals surface area contributed by atoms with Crippen molar-refractivity contribution in [2.75, 3.05) is 13.1 Å². The summed E-state index contributed by atoms with van der Waals surface area (Å²) in [7, 11) is 0. The molecule has 1 aliphatic heterocycles. The van der Waals surface area contributed by atoms with Crippen molar-refractivity contribution in [3.05, 3.63) is 0 Å². The van der Waals surface area contributed by atoms with Crippen molar-refractivity contribution in [1.82, 2.24) is 4.90 Å². The third kappa shape index (κ3) is 4.67. The molecule has 1 aliphatic rings. The number of likely N-dealkylation sites (tertiary alicyclic amines) is 1. The maximum absolute atomic E-state index is 11.1. The molecule has 0 spiro atoms. The zero-order chi connectivity index (χ0) is 11.5. The molecule has 0 aromatic rings. The molecule has 2 nitrogen and oxygen atoms in total. The standard InChI is InChI=1S/C13H25NO/c1-11(15)14-9-6-12(7-10-14)5-8-13(2,3)4/h12H,5-10H2,1-4H3. The van der Waals surface area contributed by atoms with Crippen LogP contribution in [0.1, 0.15) is 53.4 Å². The third-order valence-electron chi connectivity index (χ3n) is 3.36. The van der Waals surface area contributed by atoms with E-state index in [1.807, 2.05) is 4.90 Å². The predicted octanol–water partition coefficient (Wildman–Crippen LogP) is 3.07. The summed E-state index contributed by atoms with van der Waals surface area (Å²) >= 11 is 0. The lowest BCUT2D eigenvalue weighted by Crippen LogP contribution is -2.37. The summed E-state index contributed by atoms with van der Waals surface area (Å²) in [4.78, 5) is 13.1. The Morgan fingerprint density at radius 3 is 2.20 bits per heavy atom. The Kier molecular flexibility index (Phi) is 4.18. The van der Waals surface area contributed by atoms with Crippen LogP contribution in [0.5, 0.6) is 0 Å². The molecule has 0 unspecified atom stereocenters. The highest BCUT2D eigenvalue weighted by molar-refractivity contribution is 5.73. The second kappa shape index (κ2) is 5.00. The minimum absolute atomic E-state index is 0.240. The van der Waals surface area contributed by atoms with Gasteiger partial charge in [-0.2, -0.15) is 0 Å². The minimum atomic E-state index is 0.240. The van der Waals surface area contributed by atoms with E-state index in [1.54, 1.807) is 6.92 Å². The van der Waals surface area contributed by atoms with Gasteiger partial charge in [0, 0.05) is 20.0 Å². The van der Waals surface area contributed by atoms with E-state index in [2.05, 4.69) is 20.8 Å². The monoisotopic (exact) mass is 211 g/mol. The van der Waals surface area contributed by atoms with Crippen LogP contribution in [0, 0.1) is 11.3 Å². The molecule has 1 heterocycles. The van der Waals surface area contributed by atoms with Crippen molar-refractivity contribution in [2.45, 2.75) is 53.4 Å². The van der Waals surface area contributed by atoms with Crippen LogP contribution in [0.15, 0.2) is 0 Å². The van der Waals surface area contributed by atoms with Crippen molar-refractivity contribution < 1.29 is 4.79 Å². The number of amides is 1.